The molecule has 0 aliphatic carbocycles. The van der Waals surface area contributed by atoms with Gasteiger partial charge in [0, 0.05) is 31.1 Å². The molecule has 0 saturated carbocycles. The smallest absolute Gasteiger partial charge is 0.185 e. The Morgan fingerprint density at radius 1 is 1.39 bits per heavy atom. The lowest BCUT2D eigenvalue weighted by Crippen LogP contribution is -2.25. The van der Waals surface area contributed by atoms with E-state index in [1.54, 1.807) is 0 Å². The standard InChI is InChI=1S/C13H23N3OS/c1-3-5-11-12(10-14-2)18-13(15-11)16-6-4-8-17-9-7-16/h14H,3-10H2,1-2H3. The van der Waals surface area contributed by atoms with Gasteiger partial charge in [-0.1, -0.05) is 13.3 Å². The second-order valence-corrected chi connectivity index (χ2v) is 5.66. The van der Waals surface area contributed by atoms with E-state index in [9.17, 15) is 0 Å². The topological polar surface area (TPSA) is 37.4 Å². The summed E-state index contributed by atoms with van der Waals surface area (Å²) in [4.78, 5) is 8.59. The first-order chi connectivity index (χ1) is 8.85. The van der Waals surface area contributed by atoms with Gasteiger partial charge in [0.1, 0.15) is 0 Å². The van der Waals surface area contributed by atoms with Crippen molar-refractivity contribution in [3.05, 3.63) is 10.6 Å². The normalized spacial score (nSPS) is 16.9. The molecule has 1 aromatic heterocycles. The number of nitrogens with one attached hydrogen (secondary N) is 1. The first kappa shape index (κ1) is 13.8. The Hall–Kier alpha value is -0.650. The van der Waals surface area contributed by atoms with Crippen LogP contribution in [-0.2, 0) is 17.7 Å². The molecule has 18 heavy (non-hydrogen) atoms. The third-order valence-corrected chi connectivity index (χ3v) is 4.24. The molecule has 4 nitrogen and oxygen atoms in total. The Labute approximate surface area is 113 Å². The van der Waals surface area contributed by atoms with Gasteiger partial charge in [-0.05, 0) is 19.9 Å². The Bertz CT molecular complexity index is 336. The Morgan fingerprint density at radius 2 is 2.28 bits per heavy atom. The number of nitrogens with zero attached hydrogens (tertiary/aromatic N) is 2. The zero-order valence-corrected chi connectivity index (χ0v) is 12.2. The Balaban J connectivity index is 2.13. The molecule has 0 unspecified atom stereocenters. The molecular formula is C13H23N3OS. The number of aryl methyl sites for hydroxylation is 1. The molecule has 1 fully saturated rings. The molecule has 2 heterocycles. The van der Waals surface area contributed by atoms with Crippen LogP contribution >= 0.6 is 11.3 Å². The quantitative estimate of drug-likeness (QED) is 0.887. The van der Waals surface area contributed by atoms with Crippen LogP contribution in [0.1, 0.15) is 30.3 Å². The number of rotatable bonds is 5. The molecule has 1 aromatic rings. The van der Waals surface area contributed by atoms with Crippen LogP contribution < -0.4 is 10.2 Å². The van der Waals surface area contributed by atoms with Crippen molar-refractivity contribution in [1.82, 2.24) is 10.3 Å². The van der Waals surface area contributed by atoms with Gasteiger partial charge in [-0.3, -0.25) is 0 Å². The van der Waals surface area contributed by atoms with E-state index in [1.165, 1.54) is 15.7 Å². The lowest BCUT2D eigenvalue weighted by atomic mass is 10.2. The van der Waals surface area contributed by atoms with Crippen molar-refractivity contribution in [2.24, 2.45) is 0 Å². The van der Waals surface area contributed by atoms with E-state index in [2.05, 4.69) is 17.1 Å². The summed E-state index contributed by atoms with van der Waals surface area (Å²) in [6.45, 7) is 6.88. The molecule has 0 amide bonds. The number of ether oxygens (including phenoxy) is 1. The number of hydrogen-bond donors (Lipinski definition) is 1. The van der Waals surface area contributed by atoms with Crippen molar-refractivity contribution in [2.75, 3.05) is 38.3 Å². The van der Waals surface area contributed by atoms with E-state index in [-0.39, 0.29) is 0 Å². The van der Waals surface area contributed by atoms with Crippen LogP contribution in [0.2, 0.25) is 0 Å². The van der Waals surface area contributed by atoms with Crippen molar-refractivity contribution in [2.45, 2.75) is 32.7 Å². The van der Waals surface area contributed by atoms with Crippen molar-refractivity contribution in [3.63, 3.8) is 0 Å². The minimum Gasteiger partial charge on any atom is -0.380 e. The van der Waals surface area contributed by atoms with Crippen molar-refractivity contribution < 1.29 is 4.74 Å². The monoisotopic (exact) mass is 269 g/mol. The number of aromatic nitrogens is 1. The van der Waals surface area contributed by atoms with E-state index in [4.69, 9.17) is 9.72 Å². The lowest BCUT2D eigenvalue weighted by Gasteiger charge is -2.17. The maximum atomic E-state index is 5.50. The van der Waals surface area contributed by atoms with Crippen LogP contribution in [0, 0.1) is 0 Å². The second kappa shape index (κ2) is 7.07. The van der Waals surface area contributed by atoms with Gasteiger partial charge in [-0.2, -0.15) is 0 Å². The predicted molar refractivity (Wildman–Crippen MR) is 76.5 cm³/mol. The maximum absolute atomic E-state index is 5.50. The van der Waals surface area contributed by atoms with Crippen LogP contribution in [0.3, 0.4) is 0 Å². The van der Waals surface area contributed by atoms with Gasteiger partial charge < -0.3 is 15.0 Å². The van der Waals surface area contributed by atoms with Gasteiger partial charge in [-0.15, -0.1) is 11.3 Å². The SMILES string of the molecule is CCCc1nc(N2CCCOCC2)sc1CNC. The fraction of sp³-hybridized carbons (Fsp3) is 0.769. The lowest BCUT2D eigenvalue weighted by molar-refractivity contribution is 0.152. The van der Waals surface area contributed by atoms with E-state index in [0.29, 0.717) is 0 Å². The number of anilines is 1. The summed E-state index contributed by atoms with van der Waals surface area (Å²) in [6.07, 6.45) is 3.34. The fourth-order valence-electron chi connectivity index (χ4n) is 2.17. The zero-order chi connectivity index (χ0) is 12.8. The highest BCUT2D eigenvalue weighted by Crippen LogP contribution is 2.27. The maximum Gasteiger partial charge on any atom is 0.185 e. The summed E-state index contributed by atoms with van der Waals surface area (Å²) in [5.74, 6) is 0. The van der Waals surface area contributed by atoms with E-state index >= 15 is 0 Å². The molecule has 1 saturated heterocycles. The fourth-order valence-corrected chi connectivity index (χ4v) is 3.34. The average molecular weight is 269 g/mol. The second-order valence-electron chi connectivity index (χ2n) is 4.60. The summed E-state index contributed by atoms with van der Waals surface area (Å²) in [5.41, 5.74) is 1.28. The highest BCUT2D eigenvalue weighted by molar-refractivity contribution is 7.15. The molecule has 0 bridgehead atoms. The van der Waals surface area contributed by atoms with Crippen LogP contribution in [0.15, 0.2) is 0 Å². The number of hydrogen-bond acceptors (Lipinski definition) is 5. The molecule has 0 radical (unpaired) electrons. The molecule has 0 atom stereocenters. The molecule has 1 aliphatic heterocycles. The van der Waals surface area contributed by atoms with Gasteiger partial charge in [0.2, 0.25) is 0 Å². The number of thiazole rings is 1. The van der Waals surface area contributed by atoms with Gasteiger partial charge >= 0.3 is 0 Å². The van der Waals surface area contributed by atoms with Crippen molar-refractivity contribution in [3.8, 4) is 0 Å². The van der Waals surface area contributed by atoms with Gasteiger partial charge in [0.15, 0.2) is 5.13 Å². The molecule has 0 aromatic carbocycles. The first-order valence-corrected chi connectivity index (χ1v) is 7.62. The highest BCUT2D eigenvalue weighted by atomic mass is 32.1. The van der Waals surface area contributed by atoms with E-state index in [0.717, 1.165) is 52.1 Å². The molecule has 0 spiro atoms. The van der Waals surface area contributed by atoms with E-state index < -0.39 is 0 Å². The largest absolute Gasteiger partial charge is 0.380 e. The van der Waals surface area contributed by atoms with E-state index in [1.807, 2.05) is 18.4 Å². The molecule has 2 rings (SSSR count). The molecule has 1 aliphatic rings. The van der Waals surface area contributed by atoms with Gasteiger partial charge in [0.05, 0.1) is 12.3 Å². The predicted octanol–water partition coefficient (Wildman–Crippen LogP) is 2.04. The third kappa shape index (κ3) is 3.43. The zero-order valence-electron chi connectivity index (χ0n) is 11.4. The van der Waals surface area contributed by atoms with Crippen molar-refractivity contribution >= 4 is 16.5 Å². The highest BCUT2D eigenvalue weighted by Gasteiger charge is 2.16. The van der Waals surface area contributed by atoms with Crippen molar-refractivity contribution in [1.29, 1.82) is 0 Å². The van der Waals surface area contributed by atoms with Gasteiger partial charge in [0.25, 0.3) is 0 Å². The molecule has 1 N–H and O–H groups in total. The minimum absolute atomic E-state index is 0.823. The Kier molecular flexibility index (Phi) is 5.41. The van der Waals surface area contributed by atoms with Crippen LogP contribution in [-0.4, -0.2) is 38.3 Å². The third-order valence-electron chi connectivity index (χ3n) is 3.08. The first-order valence-electron chi connectivity index (χ1n) is 6.81. The summed E-state index contributed by atoms with van der Waals surface area (Å²) in [6, 6.07) is 0. The summed E-state index contributed by atoms with van der Waals surface area (Å²) in [5, 5.41) is 4.41. The summed E-state index contributed by atoms with van der Waals surface area (Å²) < 4.78 is 5.50. The minimum atomic E-state index is 0.823. The summed E-state index contributed by atoms with van der Waals surface area (Å²) in [7, 11) is 1.99. The van der Waals surface area contributed by atoms with Gasteiger partial charge in [-0.25, -0.2) is 4.98 Å². The molecule has 102 valence electrons. The average Bonchev–Trinajstić information content (AvgIpc) is 2.62. The van der Waals surface area contributed by atoms with Crippen LogP contribution in [0.25, 0.3) is 0 Å². The van der Waals surface area contributed by atoms with Crippen LogP contribution in [0.5, 0.6) is 0 Å². The van der Waals surface area contributed by atoms with Crippen LogP contribution in [0.4, 0.5) is 5.13 Å². The molecule has 5 heteroatoms. The molecular weight excluding hydrogens is 246 g/mol. The summed E-state index contributed by atoms with van der Waals surface area (Å²) >= 11 is 1.84. The Morgan fingerprint density at radius 3 is 3.06 bits per heavy atom.